The van der Waals surface area contributed by atoms with E-state index in [0.717, 1.165) is 12.1 Å². The lowest BCUT2D eigenvalue weighted by Gasteiger charge is -1.83. The zero-order chi connectivity index (χ0) is 6.85. The highest BCUT2D eigenvalue weighted by atomic mass is 35.5. The lowest BCUT2D eigenvalue weighted by atomic mass is 10.3. The van der Waals surface area contributed by atoms with E-state index in [1.54, 1.807) is 0 Å². The lowest BCUT2D eigenvalue weighted by Crippen LogP contribution is -1.74. The highest BCUT2D eigenvalue weighted by Gasteiger charge is 1.99. The first kappa shape index (κ1) is 6.97. The van der Waals surface area contributed by atoms with Crippen LogP contribution in [0.5, 0.6) is 0 Å². The third-order valence-corrected chi connectivity index (χ3v) is 1.85. The second-order valence-corrected chi connectivity index (χ2v) is 2.60. The first-order valence-electron chi connectivity index (χ1n) is 2.77. The highest BCUT2D eigenvalue weighted by molar-refractivity contribution is 6.41. The van der Waals surface area contributed by atoms with Gasteiger partial charge in [-0.15, -0.1) is 0 Å². The summed E-state index contributed by atoms with van der Waals surface area (Å²) in [5.74, 6) is 0. The summed E-state index contributed by atoms with van der Waals surface area (Å²) in [6, 6.07) is 1.84. The largest absolute Gasteiger partial charge is 0.348 e. The molecule has 9 heavy (non-hydrogen) atoms. The van der Waals surface area contributed by atoms with Gasteiger partial charge >= 0.3 is 0 Å². The number of hydrogen-bond donors (Lipinski definition) is 1. The second-order valence-electron chi connectivity index (χ2n) is 1.81. The normalized spacial score (nSPS) is 10.1. The molecule has 1 aromatic heterocycles. The summed E-state index contributed by atoms with van der Waals surface area (Å²) >= 11 is 11.3. The van der Waals surface area contributed by atoms with Gasteiger partial charge in [0.25, 0.3) is 0 Å². The zero-order valence-corrected chi connectivity index (χ0v) is 6.55. The van der Waals surface area contributed by atoms with Crippen LogP contribution in [0.4, 0.5) is 0 Å². The number of aromatic amines is 1. The lowest BCUT2D eigenvalue weighted by molar-refractivity contribution is 1.06. The van der Waals surface area contributed by atoms with Gasteiger partial charge in [0.05, 0.1) is 5.02 Å². The third kappa shape index (κ3) is 1.41. The Kier molecular flexibility index (Phi) is 2.04. The molecular weight excluding hydrogens is 157 g/mol. The Morgan fingerprint density at radius 2 is 2.22 bits per heavy atom. The molecule has 0 amide bonds. The van der Waals surface area contributed by atoms with Crippen LogP contribution in [0.25, 0.3) is 0 Å². The van der Waals surface area contributed by atoms with Crippen LogP contribution in [0, 0.1) is 0 Å². The van der Waals surface area contributed by atoms with Gasteiger partial charge in [-0.3, -0.25) is 0 Å². The average Bonchev–Trinajstić information content (AvgIpc) is 2.13. The molecular formula is C6H7Cl2N. The maximum atomic E-state index is 5.64. The fourth-order valence-corrected chi connectivity index (χ4v) is 0.998. The van der Waals surface area contributed by atoms with Crippen LogP contribution >= 0.6 is 23.2 Å². The van der Waals surface area contributed by atoms with Crippen molar-refractivity contribution in [1.29, 1.82) is 0 Å². The minimum atomic E-state index is 0.536. The van der Waals surface area contributed by atoms with Crippen molar-refractivity contribution in [1.82, 2.24) is 4.98 Å². The van der Waals surface area contributed by atoms with Gasteiger partial charge < -0.3 is 4.98 Å². The van der Waals surface area contributed by atoms with Crippen LogP contribution in [0.1, 0.15) is 12.6 Å². The predicted molar refractivity (Wildman–Crippen MR) is 40.2 cm³/mol. The Balaban J connectivity index is 2.98. The molecule has 50 valence electrons. The third-order valence-electron chi connectivity index (χ3n) is 1.16. The molecule has 1 aromatic rings. The Bertz CT molecular complexity index is 185. The SMILES string of the molecule is CCc1cc(Cl)c(Cl)[nH]1. The van der Waals surface area contributed by atoms with Crippen molar-refractivity contribution in [3.05, 3.63) is 21.9 Å². The van der Waals surface area contributed by atoms with Crippen molar-refractivity contribution < 1.29 is 0 Å². The van der Waals surface area contributed by atoms with E-state index in [1.807, 2.05) is 13.0 Å². The number of halogens is 2. The number of rotatable bonds is 1. The van der Waals surface area contributed by atoms with E-state index in [4.69, 9.17) is 23.2 Å². The molecule has 0 aliphatic heterocycles. The summed E-state index contributed by atoms with van der Waals surface area (Å²) in [6.07, 6.45) is 0.937. The van der Waals surface area contributed by atoms with Gasteiger partial charge in [-0.2, -0.15) is 0 Å². The quantitative estimate of drug-likeness (QED) is 0.656. The Labute approximate surface area is 64.0 Å². The minimum absolute atomic E-state index is 0.536. The molecule has 0 bridgehead atoms. The van der Waals surface area contributed by atoms with Crippen LogP contribution in [0.3, 0.4) is 0 Å². The molecule has 1 heterocycles. The summed E-state index contributed by atoms with van der Waals surface area (Å²) in [4.78, 5) is 2.93. The predicted octanol–water partition coefficient (Wildman–Crippen LogP) is 2.88. The number of H-pyrrole nitrogens is 1. The molecule has 3 heteroatoms. The Morgan fingerprint density at radius 3 is 2.44 bits per heavy atom. The van der Waals surface area contributed by atoms with Crippen molar-refractivity contribution in [2.24, 2.45) is 0 Å². The van der Waals surface area contributed by atoms with Gasteiger partial charge in [0.15, 0.2) is 0 Å². The highest BCUT2D eigenvalue weighted by Crippen LogP contribution is 2.21. The fraction of sp³-hybridized carbons (Fsp3) is 0.333. The van der Waals surface area contributed by atoms with Crippen molar-refractivity contribution in [2.75, 3.05) is 0 Å². The maximum absolute atomic E-state index is 5.64. The summed E-state index contributed by atoms with van der Waals surface area (Å²) in [5, 5.41) is 1.14. The van der Waals surface area contributed by atoms with Gasteiger partial charge in [0, 0.05) is 5.69 Å². The molecule has 1 N–H and O–H groups in total. The van der Waals surface area contributed by atoms with Gasteiger partial charge in [-0.05, 0) is 12.5 Å². The Hall–Kier alpha value is -0.140. The second kappa shape index (κ2) is 2.63. The van der Waals surface area contributed by atoms with Crippen LogP contribution in [0.15, 0.2) is 6.07 Å². The van der Waals surface area contributed by atoms with E-state index in [0.29, 0.717) is 10.2 Å². The van der Waals surface area contributed by atoms with Crippen LogP contribution < -0.4 is 0 Å². The molecule has 0 aliphatic carbocycles. The van der Waals surface area contributed by atoms with Crippen molar-refractivity contribution >= 4 is 23.2 Å². The van der Waals surface area contributed by atoms with Crippen molar-refractivity contribution in [3.8, 4) is 0 Å². The number of nitrogens with one attached hydrogen (secondary N) is 1. The van der Waals surface area contributed by atoms with Gasteiger partial charge in [0.1, 0.15) is 5.15 Å². The summed E-state index contributed by atoms with van der Waals surface area (Å²) in [6.45, 7) is 2.04. The molecule has 0 fully saturated rings. The van der Waals surface area contributed by atoms with E-state index >= 15 is 0 Å². The van der Waals surface area contributed by atoms with Crippen LogP contribution in [-0.4, -0.2) is 4.98 Å². The molecule has 1 nitrogen and oxygen atoms in total. The molecule has 0 unspecified atom stereocenters. The molecule has 1 rings (SSSR count). The Morgan fingerprint density at radius 1 is 1.56 bits per heavy atom. The number of hydrogen-bond acceptors (Lipinski definition) is 0. The van der Waals surface area contributed by atoms with E-state index in [9.17, 15) is 0 Å². The summed E-state index contributed by atoms with van der Waals surface area (Å²) in [7, 11) is 0. The molecule has 0 atom stereocenters. The van der Waals surface area contributed by atoms with Gasteiger partial charge in [-0.1, -0.05) is 30.1 Å². The topological polar surface area (TPSA) is 15.8 Å². The van der Waals surface area contributed by atoms with E-state index in [2.05, 4.69) is 4.98 Å². The van der Waals surface area contributed by atoms with Crippen LogP contribution in [0.2, 0.25) is 10.2 Å². The maximum Gasteiger partial charge on any atom is 0.125 e. The molecule has 0 radical (unpaired) electrons. The summed E-state index contributed by atoms with van der Waals surface area (Å²) < 4.78 is 0. The fourth-order valence-electron chi connectivity index (χ4n) is 0.644. The van der Waals surface area contributed by atoms with Gasteiger partial charge in [0.2, 0.25) is 0 Å². The smallest absolute Gasteiger partial charge is 0.125 e. The van der Waals surface area contributed by atoms with E-state index < -0.39 is 0 Å². The molecule has 0 spiro atoms. The molecule has 0 aliphatic rings. The van der Waals surface area contributed by atoms with Crippen LogP contribution in [-0.2, 0) is 6.42 Å². The zero-order valence-electron chi connectivity index (χ0n) is 5.04. The van der Waals surface area contributed by atoms with Gasteiger partial charge in [-0.25, -0.2) is 0 Å². The van der Waals surface area contributed by atoms with E-state index in [1.165, 1.54) is 0 Å². The molecule has 0 saturated carbocycles. The van der Waals surface area contributed by atoms with Crippen molar-refractivity contribution in [3.63, 3.8) is 0 Å². The number of aromatic nitrogens is 1. The standard InChI is InChI=1S/C6H7Cl2N/c1-2-4-3-5(7)6(8)9-4/h3,9H,2H2,1H3. The molecule has 0 saturated heterocycles. The average molecular weight is 164 g/mol. The summed E-state index contributed by atoms with van der Waals surface area (Å²) in [5.41, 5.74) is 1.07. The first-order chi connectivity index (χ1) is 4.24. The van der Waals surface area contributed by atoms with E-state index in [-0.39, 0.29) is 0 Å². The molecule has 0 aromatic carbocycles. The van der Waals surface area contributed by atoms with Crippen molar-refractivity contribution in [2.45, 2.75) is 13.3 Å². The number of aryl methyl sites for hydroxylation is 1. The monoisotopic (exact) mass is 163 g/mol. The minimum Gasteiger partial charge on any atom is -0.348 e. The first-order valence-corrected chi connectivity index (χ1v) is 3.52.